The van der Waals surface area contributed by atoms with E-state index >= 15 is 0 Å². The summed E-state index contributed by atoms with van der Waals surface area (Å²) in [6, 6.07) is 6.94. The van der Waals surface area contributed by atoms with Crippen LogP contribution in [-0.2, 0) is 14.3 Å². The van der Waals surface area contributed by atoms with Crippen LogP contribution in [-0.4, -0.2) is 58.7 Å². The molecule has 1 fully saturated rings. The number of aliphatic hydroxyl groups excluding tert-OH is 1. The molecule has 1 aromatic heterocycles. The molecule has 2 N–H and O–H groups in total. The number of rotatable bonds is 8. The highest BCUT2D eigenvalue weighted by Gasteiger charge is 2.46. The van der Waals surface area contributed by atoms with Crippen molar-refractivity contribution in [2.75, 3.05) is 26.9 Å². The molecule has 1 aliphatic rings. The number of carbonyl (C=O) groups excluding carboxylic acids is 2. The van der Waals surface area contributed by atoms with Crippen molar-refractivity contribution in [3.63, 3.8) is 0 Å². The second-order valence-electron chi connectivity index (χ2n) is 6.73. The van der Waals surface area contributed by atoms with Crippen LogP contribution in [0, 0.1) is 0 Å². The number of aromatic hydroxyl groups is 1. The molecular formula is C22H24N2O6. The van der Waals surface area contributed by atoms with Crippen molar-refractivity contribution in [1.29, 1.82) is 0 Å². The highest BCUT2D eigenvalue weighted by molar-refractivity contribution is 6.46. The third kappa shape index (κ3) is 4.13. The smallest absolute Gasteiger partial charge is 0.295 e. The van der Waals surface area contributed by atoms with E-state index in [4.69, 9.17) is 9.47 Å². The summed E-state index contributed by atoms with van der Waals surface area (Å²) in [5.41, 5.74) is 0.911. The van der Waals surface area contributed by atoms with Crippen LogP contribution in [0.4, 0.5) is 0 Å². The van der Waals surface area contributed by atoms with Crippen LogP contribution in [0.2, 0.25) is 0 Å². The Kier molecular flexibility index (Phi) is 6.68. The van der Waals surface area contributed by atoms with E-state index in [1.54, 1.807) is 38.3 Å². The molecular weight excluding hydrogens is 388 g/mol. The van der Waals surface area contributed by atoms with Gasteiger partial charge in [0.1, 0.15) is 5.76 Å². The molecule has 0 aliphatic carbocycles. The second-order valence-corrected chi connectivity index (χ2v) is 6.73. The number of aromatic nitrogens is 1. The molecule has 1 aliphatic heterocycles. The lowest BCUT2D eigenvalue weighted by Crippen LogP contribution is -2.31. The Hall–Kier alpha value is -3.39. The van der Waals surface area contributed by atoms with Gasteiger partial charge in [0.2, 0.25) is 0 Å². The molecule has 1 amide bonds. The summed E-state index contributed by atoms with van der Waals surface area (Å²) in [5, 5.41) is 21.0. The number of ether oxygens (including phenoxy) is 2. The van der Waals surface area contributed by atoms with E-state index in [1.807, 2.05) is 0 Å². The Morgan fingerprint density at radius 1 is 1.20 bits per heavy atom. The van der Waals surface area contributed by atoms with E-state index in [2.05, 4.69) is 4.98 Å². The Balaban J connectivity index is 2.14. The molecule has 1 aromatic carbocycles. The number of likely N-dealkylation sites (tertiary alicyclic amines) is 1. The monoisotopic (exact) mass is 412 g/mol. The number of nitrogens with zero attached hydrogens (tertiary/aromatic N) is 2. The molecule has 1 unspecified atom stereocenters. The van der Waals surface area contributed by atoms with Gasteiger partial charge < -0.3 is 24.6 Å². The molecule has 0 radical (unpaired) electrons. The molecule has 0 spiro atoms. The largest absolute Gasteiger partial charge is 0.507 e. The zero-order valence-electron chi connectivity index (χ0n) is 16.9. The highest BCUT2D eigenvalue weighted by Crippen LogP contribution is 2.41. The minimum absolute atomic E-state index is 0.0169. The Bertz CT molecular complexity index is 957. The fourth-order valence-corrected chi connectivity index (χ4v) is 3.47. The van der Waals surface area contributed by atoms with Crippen LogP contribution in [0.3, 0.4) is 0 Å². The van der Waals surface area contributed by atoms with Gasteiger partial charge in [-0.15, -0.1) is 0 Å². The van der Waals surface area contributed by atoms with Gasteiger partial charge in [-0.3, -0.25) is 14.6 Å². The fourth-order valence-electron chi connectivity index (χ4n) is 3.47. The van der Waals surface area contributed by atoms with Crippen LogP contribution in [0.5, 0.6) is 11.5 Å². The normalized spacial score (nSPS) is 18.1. The molecule has 158 valence electrons. The molecule has 30 heavy (non-hydrogen) atoms. The number of phenolic OH excluding ortho intramolecular Hbond substituents is 1. The van der Waals surface area contributed by atoms with Gasteiger partial charge in [0.15, 0.2) is 11.5 Å². The number of phenols is 1. The maximum absolute atomic E-state index is 12.9. The Morgan fingerprint density at radius 2 is 1.93 bits per heavy atom. The number of Topliss-reactive ketones (excluding diaryl/α,β-unsaturated/α-hetero) is 1. The number of methoxy groups -OCH3 is 1. The zero-order chi connectivity index (χ0) is 21.7. The third-order valence-corrected chi connectivity index (χ3v) is 4.84. The first-order chi connectivity index (χ1) is 14.5. The zero-order valence-corrected chi connectivity index (χ0v) is 16.9. The van der Waals surface area contributed by atoms with Crippen molar-refractivity contribution in [2.45, 2.75) is 19.4 Å². The summed E-state index contributed by atoms with van der Waals surface area (Å²) in [5.74, 6) is -1.55. The van der Waals surface area contributed by atoms with Crippen LogP contribution < -0.4 is 4.74 Å². The first-order valence-electron chi connectivity index (χ1n) is 9.63. The molecule has 0 bridgehead atoms. The molecule has 2 aromatic rings. The van der Waals surface area contributed by atoms with E-state index in [0.717, 1.165) is 0 Å². The number of aliphatic hydroxyl groups is 1. The summed E-state index contributed by atoms with van der Waals surface area (Å²) < 4.78 is 10.5. The summed E-state index contributed by atoms with van der Waals surface area (Å²) in [4.78, 5) is 31.0. The maximum atomic E-state index is 12.9. The lowest BCUT2D eigenvalue weighted by Gasteiger charge is -2.25. The van der Waals surface area contributed by atoms with Crippen molar-refractivity contribution in [2.24, 2.45) is 0 Å². The second kappa shape index (κ2) is 9.41. The van der Waals surface area contributed by atoms with Crippen molar-refractivity contribution in [3.8, 4) is 11.5 Å². The standard InChI is InChI=1S/C22H24N2O6/c1-3-30-17-13-15(5-6-16(17)25)19-18(20(26)14-7-9-23-10-8-14)21(27)22(28)24(19)11-4-12-29-2/h5-10,13,19,25-26H,3-4,11-12H2,1-2H3/b20-18-. The summed E-state index contributed by atoms with van der Waals surface area (Å²) in [6.07, 6.45) is 3.50. The number of carbonyl (C=O) groups is 2. The van der Waals surface area contributed by atoms with E-state index in [0.29, 0.717) is 30.8 Å². The van der Waals surface area contributed by atoms with Crippen LogP contribution in [0.1, 0.15) is 30.5 Å². The average Bonchev–Trinajstić information content (AvgIpc) is 3.01. The van der Waals surface area contributed by atoms with Crippen molar-refractivity contribution in [1.82, 2.24) is 9.88 Å². The molecule has 8 nitrogen and oxygen atoms in total. The van der Waals surface area contributed by atoms with Crippen LogP contribution in [0.25, 0.3) is 5.76 Å². The molecule has 1 saturated heterocycles. The maximum Gasteiger partial charge on any atom is 0.295 e. The highest BCUT2D eigenvalue weighted by atomic mass is 16.5. The molecule has 0 saturated carbocycles. The van der Waals surface area contributed by atoms with Crippen LogP contribution >= 0.6 is 0 Å². The average molecular weight is 412 g/mol. The number of ketones is 1. The van der Waals surface area contributed by atoms with Gasteiger partial charge in [-0.25, -0.2) is 0 Å². The number of amides is 1. The quantitative estimate of drug-likeness (QED) is 0.297. The SMILES string of the molecule is CCOc1cc(C2/C(=C(/O)c3ccncc3)C(=O)C(=O)N2CCCOC)ccc1O. The Labute approximate surface area is 174 Å². The van der Waals surface area contributed by atoms with Crippen molar-refractivity contribution < 1.29 is 29.3 Å². The van der Waals surface area contributed by atoms with Gasteiger partial charge in [-0.2, -0.15) is 0 Å². The van der Waals surface area contributed by atoms with Crippen molar-refractivity contribution in [3.05, 3.63) is 59.4 Å². The summed E-state index contributed by atoms with van der Waals surface area (Å²) in [6.45, 7) is 2.80. The molecule has 2 heterocycles. The third-order valence-electron chi connectivity index (χ3n) is 4.84. The number of pyridine rings is 1. The summed E-state index contributed by atoms with van der Waals surface area (Å²) >= 11 is 0. The molecule has 8 heteroatoms. The number of benzene rings is 1. The topological polar surface area (TPSA) is 109 Å². The van der Waals surface area contributed by atoms with E-state index < -0.39 is 17.7 Å². The lowest BCUT2D eigenvalue weighted by atomic mass is 9.95. The minimum Gasteiger partial charge on any atom is -0.507 e. The van der Waals surface area contributed by atoms with Gasteiger partial charge in [0, 0.05) is 38.2 Å². The fraction of sp³-hybridized carbons (Fsp3) is 0.318. The first kappa shape index (κ1) is 21.3. The van der Waals surface area contributed by atoms with E-state index in [-0.39, 0.29) is 29.4 Å². The first-order valence-corrected chi connectivity index (χ1v) is 9.63. The summed E-state index contributed by atoms with van der Waals surface area (Å²) in [7, 11) is 1.56. The molecule has 1 atom stereocenters. The predicted molar refractivity (Wildman–Crippen MR) is 109 cm³/mol. The van der Waals surface area contributed by atoms with Crippen LogP contribution in [0.15, 0.2) is 48.3 Å². The number of hydrogen-bond donors (Lipinski definition) is 2. The predicted octanol–water partition coefficient (Wildman–Crippen LogP) is 2.64. The number of hydrogen-bond acceptors (Lipinski definition) is 7. The van der Waals surface area contributed by atoms with Gasteiger partial charge in [-0.05, 0) is 43.2 Å². The lowest BCUT2D eigenvalue weighted by molar-refractivity contribution is -0.140. The van der Waals surface area contributed by atoms with Gasteiger partial charge in [-0.1, -0.05) is 6.07 Å². The van der Waals surface area contributed by atoms with E-state index in [9.17, 15) is 19.8 Å². The minimum atomic E-state index is -0.824. The van der Waals surface area contributed by atoms with E-state index in [1.165, 1.54) is 23.4 Å². The van der Waals surface area contributed by atoms with Gasteiger partial charge in [0.25, 0.3) is 11.7 Å². The van der Waals surface area contributed by atoms with Gasteiger partial charge >= 0.3 is 0 Å². The van der Waals surface area contributed by atoms with Gasteiger partial charge in [0.05, 0.1) is 18.2 Å². The molecule has 3 rings (SSSR count). The Morgan fingerprint density at radius 3 is 2.60 bits per heavy atom. The van der Waals surface area contributed by atoms with Crippen molar-refractivity contribution >= 4 is 17.4 Å².